The molecule has 0 aliphatic rings. The highest BCUT2D eigenvalue weighted by molar-refractivity contribution is 6.30. The van der Waals surface area contributed by atoms with E-state index in [1.807, 2.05) is 60.7 Å². The fourth-order valence-electron chi connectivity index (χ4n) is 2.76. The summed E-state index contributed by atoms with van der Waals surface area (Å²) >= 11 is 5.90. The Bertz CT molecular complexity index is 1020. The summed E-state index contributed by atoms with van der Waals surface area (Å²) in [7, 11) is 0. The van der Waals surface area contributed by atoms with Gasteiger partial charge in [-0.1, -0.05) is 72.3 Å². The van der Waals surface area contributed by atoms with E-state index in [0.717, 1.165) is 16.7 Å². The van der Waals surface area contributed by atoms with Crippen LogP contribution in [0.25, 0.3) is 6.08 Å². The number of carbonyl (C=O) groups excluding carboxylic acids is 2. The van der Waals surface area contributed by atoms with Gasteiger partial charge in [-0.15, -0.1) is 0 Å². The van der Waals surface area contributed by atoms with Gasteiger partial charge in [0.05, 0.1) is 0 Å². The summed E-state index contributed by atoms with van der Waals surface area (Å²) in [6, 6.07) is 24.6. The van der Waals surface area contributed by atoms with Gasteiger partial charge in [-0.3, -0.25) is 4.79 Å². The fraction of sp³-hybridized carbons (Fsp3) is 0.0833. The molecule has 0 aromatic heterocycles. The van der Waals surface area contributed by atoms with E-state index in [1.165, 1.54) is 6.08 Å². The Labute approximate surface area is 174 Å². The second-order valence-corrected chi connectivity index (χ2v) is 6.80. The van der Waals surface area contributed by atoms with Crippen molar-refractivity contribution in [1.82, 2.24) is 0 Å². The van der Waals surface area contributed by atoms with Gasteiger partial charge in [-0.05, 0) is 47.4 Å². The van der Waals surface area contributed by atoms with Gasteiger partial charge >= 0.3 is 5.97 Å². The molecule has 0 aliphatic heterocycles. The van der Waals surface area contributed by atoms with Crippen LogP contribution in [0.1, 0.15) is 16.7 Å². The van der Waals surface area contributed by atoms with Crippen molar-refractivity contribution < 1.29 is 14.3 Å². The molecule has 5 heteroatoms. The first-order valence-corrected chi connectivity index (χ1v) is 9.50. The van der Waals surface area contributed by atoms with Crippen LogP contribution in [-0.4, -0.2) is 18.5 Å². The number of carbonyl (C=O) groups is 2. The van der Waals surface area contributed by atoms with Gasteiger partial charge in [0.1, 0.15) is 0 Å². The Morgan fingerprint density at radius 3 is 2.48 bits per heavy atom. The van der Waals surface area contributed by atoms with Gasteiger partial charge in [0.25, 0.3) is 5.91 Å². The Kier molecular flexibility index (Phi) is 7.20. The van der Waals surface area contributed by atoms with E-state index in [4.69, 9.17) is 16.3 Å². The molecule has 0 fully saturated rings. The Morgan fingerprint density at radius 2 is 1.69 bits per heavy atom. The number of hydrogen-bond donors (Lipinski definition) is 1. The van der Waals surface area contributed by atoms with Gasteiger partial charge in [-0.2, -0.15) is 0 Å². The van der Waals surface area contributed by atoms with Crippen LogP contribution < -0.4 is 5.32 Å². The minimum atomic E-state index is -0.599. The van der Waals surface area contributed by atoms with Crippen LogP contribution in [0.5, 0.6) is 0 Å². The molecule has 0 unspecified atom stereocenters. The number of hydrogen-bond acceptors (Lipinski definition) is 3. The van der Waals surface area contributed by atoms with Crippen molar-refractivity contribution in [2.75, 3.05) is 11.9 Å². The van der Waals surface area contributed by atoms with E-state index in [9.17, 15) is 9.59 Å². The average Bonchev–Trinajstić information content (AvgIpc) is 2.73. The smallest absolute Gasteiger partial charge is 0.331 e. The van der Waals surface area contributed by atoms with Crippen molar-refractivity contribution in [3.05, 3.63) is 107 Å². The summed E-state index contributed by atoms with van der Waals surface area (Å²) in [5.41, 5.74) is 3.60. The van der Waals surface area contributed by atoms with Gasteiger partial charge in [0.15, 0.2) is 6.61 Å². The van der Waals surface area contributed by atoms with Gasteiger partial charge in [-0.25, -0.2) is 4.79 Å². The number of nitrogens with one attached hydrogen (secondary N) is 1. The maximum absolute atomic E-state index is 12.2. The monoisotopic (exact) mass is 405 g/mol. The second-order valence-electron chi connectivity index (χ2n) is 6.36. The standard InChI is InChI=1S/C24H20ClNO3/c25-21-11-6-9-19(16-21)13-14-24(28)29-17-23(27)26-22-12-5-4-10-20(22)15-18-7-2-1-3-8-18/h1-14,16H,15,17H2,(H,26,27)/b14-13+. The predicted octanol–water partition coefficient (Wildman–Crippen LogP) is 5.13. The maximum Gasteiger partial charge on any atom is 0.331 e. The highest BCUT2D eigenvalue weighted by Gasteiger charge is 2.09. The molecular weight excluding hydrogens is 386 g/mol. The first-order valence-electron chi connectivity index (χ1n) is 9.12. The number of para-hydroxylation sites is 1. The minimum absolute atomic E-state index is 0.363. The molecule has 0 radical (unpaired) electrons. The molecule has 0 aliphatic carbocycles. The lowest BCUT2D eigenvalue weighted by Crippen LogP contribution is -2.20. The molecule has 0 heterocycles. The molecule has 1 N–H and O–H groups in total. The molecule has 0 saturated heterocycles. The maximum atomic E-state index is 12.2. The van der Waals surface area contributed by atoms with Crippen LogP contribution in [0, 0.1) is 0 Å². The topological polar surface area (TPSA) is 55.4 Å². The first-order chi connectivity index (χ1) is 14.1. The number of halogens is 1. The molecule has 3 aromatic carbocycles. The van der Waals surface area contributed by atoms with Crippen LogP contribution >= 0.6 is 11.6 Å². The number of ether oxygens (including phenoxy) is 1. The molecular formula is C24H20ClNO3. The first kappa shape index (κ1) is 20.4. The van der Waals surface area contributed by atoms with Gasteiger partial charge in [0.2, 0.25) is 0 Å². The summed E-state index contributed by atoms with van der Waals surface area (Å²) in [4.78, 5) is 24.1. The molecule has 0 spiro atoms. The zero-order valence-corrected chi connectivity index (χ0v) is 16.4. The van der Waals surface area contributed by atoms with Crippen molar-refractivity contribution >= 4 is 35.2 Å². The van der Waals surface area contributed by atoms with E-state index in [2.05, 4.69) is 5.32 Å². The predicted molar refractivity (Wildman–Crippen MR) is 116 cm³/mol. The van der Waals surface area contributed by atoms with Crippen molar-refractivity contribution in [2.45, 2.75) is 6.42 Å². The molecule has 0 bridgehead atoms. The van der Waals surface area contributed by atoms with Crippen LogP contribution in [0.15, 0.2) is 84.9 Å². The van der Waals surface area contributed by atoms with E-state index < -0.39 is 11.9 Å². The fourth-order valence-corrected chi connectivity index (χ4v) is 2.96. The largest absolute Gasteiger partial charge is 0.452 e. The van der Waals surface area contributed by atoms with Crippen LogP contribution in [0.3, 0.4) is 0 Å². The number of anilines is 1. The minimum Gasteiger partial charge on any atom is -0.452 e. The third-order valence-corrected chi connectivity index (χ3v) is 4.37. The van der Waals surface area contributed by atoms with E-state index >= 15 is 0 Å². The van der Waals surface area contributed by atoms with E-state index in [0.29, 0.717) is 17.1 Å². The molecule has 146 valence electrons. The number of amides is 1. The van der Waals surface area contributed by atoms with Crippen molar-refractivity contribution in [1.29, 1.82) is 0 Å². The summed E-state index contributed by atoms with van der Waals surface area (Å²) in [5, 5.41) is 3.39. The molecule has 1 amide bonds. The summed E-state index contributed by atoms with van der Waals surface area (Å²) in [6.07, 6.45) is 3.54. The highest BCUT2D eigenvalue weighted by atomic mass is 35.5. The lowest BCUT2D eigenvalue weighted by atomic mass is 10.0. The average molecular weight is 406 g/mol. The highest BCUT2D eigenvalue weighted by Crippen LogP contribution is 2.19. The molecule has 0 atom stereocenters. The zero-order valence-electron chi connectivity index (χ0n) is 15.7. The van der Waals surface area contributed by atoms with Crippen LogP contribution in [-0.2, 0) is 20.7 Å². The SMILES string of the molecule is O=C(COC(=O)/C=C/c1cccc(Cl)c1)Nc1ccccc1Cc1ccccc1. The van der Waals surface area contributed by atoms with Crippen molar-refractivity contribution in [2.24, 2.45) is 0 Å². The van der Waals surface area contributed by atoms with E-state index in [-0.39, 0.29) is 6.61 Å². The normalized spacial score (nSPS) is 10.7. The third-order valence-electron chi connectivity index (χ3n) is 4.13. The Hall–Kier alpha value is -3.37. The molecule has 4 nitrogen and oxygen atoms in total. The lowest BCUT2D eigenvalue weighted by molar-refractivity contribution is -0.142. The van der Waals surface area contributed by atoms with Crippen molar-refractivity contribution in [3.8, 4) is 0 Å². The quantitative estimate of drug-likeness (QED) is 0.438. The summed E-state index contributed by atoms with van der Waals surface area (Å²) in [5.74, 6) is -0.993. The molecule has 3 aromatic rings. The van der Waals surface area contributed by atoms with Gasteiger partial charge < -0.3 is 10.1 Å². The number of benzene rings is 3. The van der Waals surface area contributed by atoms with E-state index in [1.54, 1.807) is 24.3 Å². The van der Waals surface area contributed by atoms with Gasteiger partial charge in [0, 0.05) is 16.8 Å². The van der Waals surface area contributed by atoms with Crippen LogP contribution in [0.4, 0.5) is 5.69 Å². The lowest BCUT2D eigenvalue weighted by Gasteiger charge is -2.11. The molecule has 29 heavy (non-hydrogen) atoms. The number of rotatable bonds is 7. The summed E-state index contributed by atoms with van der Waals surface area (Å²) in [6.45, 7) is -0.363. The molecule has 3 rings (SSSR count). The Balaban J connectivity index is 1.54. The summed E-state index contributed by atoms with van der Waals surface area (Å²) < 4.78 is 5.02. The number of esters is 1. The third kappa shape index (κ3) is 6.63. The zero-order chi connectivity index (χ0) is 20.5. The Morgan fingerprint density at radius 1 is 0.931 bits per heavy atom. The van der Waals surface area contributed by atoms with Crippen LogP contribution in [0.2, 0.25) is 5.02 Å². The molecule has 0 saturated carbocycles. The second kappa shape index (κ2) is 10.2. The van der Waals surface area contributed by atoms with Crippen molar-refractivity contribution in [3.63, 3.8) is 0 Å².